The zero-order valence-electron chi connectivity index (χ0n) is 33.2. The molecule has 0 amide bonds. The molecule has 5 aliphatic rings. The number of fused-ring (bicyclic) bond motifs is 4. The molecule has 4 aliphatic carbocycles. The summed E-state index contributed by atoms with van der Waals surface area (Å²) in [4.78, 5) is 32.1. The first kappa shape index (κ1) is 42.2. The molecule has 0 radical (unpaired) electrons. The van der Waals surface area contributed by atoms with Crippen LogP contribution in [0, 0.1) is 29.1 Å². The van der Waals surface area contributed by atoms with Gasteiger partial charge in [0.15, 0.2) is 0 Å². The summed E-state index contributed by atoms with van der Waals surface area (Å²) in [6, 6.07) is 0. The summed E-state index contributed by atoms with van der Waals surface area (Å²) in [6.45, 7) is 28.6. The molecule has 282 valence electrons. The molecule has 0 aromatic heterocycles. The largest absolute Gasteiger partial charge is 0.462 e. The van der Waals surface area contributed by atoms with E-state index in [1.54, 1.807) is 24.1 Å². The van der Waals surface area contributed by atoms with E-state index in [-0.39, 0.29) is 29.7 Å². The van der Waals surface area contributed by atoms with Gasteiger partial charge in [0.05, 0.1) is 17.5 Å². The molecule has 0 unspecified atom stereocenters. The first-order chi connectivity index (χ1) is 23.7. The minimum atomic E-state index is -0.956. The van der Waals surface area contributed by atoms with Crippen LogP contribution in [-0.2, 0) is 37.9 Å². The molecule has 8 nitrogen and oxygen atoms in total. The van der Waals surface area contributed by atoms with Crippen LogP contribution in [0.25, 0.3) is 0 Å². The third-order valence-electron chi connectivity index (χ3n) is 11.9. The first-order valence-electron chi connectivity index (χ1n) is 18.6. The highest BCUT2D eigenvalue weighted by atomic mass is 16.7. The van der Waals surface area contributed by atoms with Gasteiger partial charge >= 0.3 is 25.0 Å². The Kier molecular flexibility index (Phi) is 14.6. The summed E-state index contributed by atoms with van der Waals surface area (Å²) in [7, 11) is -0.0423. The van der Waals surface area contributed by atoms with E-state index >= 15 is 0 Å². The number of esters is 3. The van der Waals surface area contributed by atoms with Gasteiger partial charge in [0.1, 0.15) is 0 Å². The Morgan fingerprint density at radius 2 is 1.43 bits per heavy atom. The number of hydrogen-bond acceptors (Lipinski definition) is 8. The Labute approximate surface area is 307 Å². The maximum Gasteiger partial charge on any atom is 0.462 e. The third-order valence-corrected chi connectivity index (χ3v) is 11.9. The molecule has 1 saturated heterocycles. The Morgan fingerprint density at radius 1 is 0.863 bits per heavy atom. The van der Waals surface area contributed by atoms with Crippen molar-refractivity contribution in [1.82, 2.24) is 0 Å². The maximum absolute atomic E-state index is 10.7. The second-order valence-electron chi connectivity index (χ2n) is 16.2. The second kappa shape index (κ2) is 17.6. The number of rotatable bonds is 10. The fourth-order valence-electron chi connectivity index (χ4n) is 8.21. The van der Waals surface area contributed by atoms with Crippen LogP contribution in [0.15, 0.2) is 71.6 Å². The molecule has 9 heteroatoms. The van der Waals surface area contributed by atoms with E-state index in [4.69, 9.17) is 23.5 Å². The Hall–Kier alpha value is -3.17. The van der Waals surface area contributed by atoms with E-state index in [0.717, 1.165) is 42.0 Å². The molecule has 4 fully saturated rings. The predicted molar refractivity (Wildman–Crippen MR) is 203 cm³/mol. The molecule has 0 aromatic carbocycles. The van der Waals surface area contributed by atoms with Crippen LogP contribution < -0.4 is 0 Å². The van der Waals surface area contributed by atoms with Crippen molar-refractivity contribution in [2.75, 3.05) is 0 Å². The zero-order chi connectivity index (χ0) is 38.3. The van der Waals surface area contributed by atoms with Crippen molar-refractivity contribution in [3.63, 3.8) is 0 Å². The van der Waals surface area contributed by atoms with Gasteiger partial charge in [0.2, 0.25) is 0 Å². The van der Waals surface area contributed by atoms with Crippen LogP contribution in [0.1, 0.15) is 121 Å². The summed E-state index contributed by atoms with van der Waals surface area (Å²) in [6.07, 6.45) is 18.2. The molecule has 5 rings (SSSR count). The summed E-state index contributed by atoms with van der Waals surface area (Å²) < 4.78 is 26.7. The Bertz CT molecular complexity index is 1420. The van der Waals surface area contributed by atoms with Gasteiger partial charge in [-0.2, -0.15) is 0 Å². The SMILES string of the molecule is C=C/C=C(\C)C(OC(C)=O)OC(C)=O.C=C1[C@@H]2CC[C@@H](C2)[C@@]1(C)C/C=C/C(C)=C/OC(C)=O.CC1=C(CB2OC(C)(C)C(C)(C)O2)[C@@H]2CC[C@H]1C2. The van der Waals surface area contributed by atoms with Crippen molar-refractivity contribution in [3.05, 3.63) is 71.6 Å². The van der Waals surface area contributed by atoms with Crippen LogP contribution in [0.3, 0.4) is 0 Å². The average molecular weight is 707 g/mol. The van der Waals surface area contributed by atoms with Gasteiger partial charge in [-0.05, 0) is 128 Å². The van der Waals surface area contributed by atoms with E-state index in [2.05, 4.69) is 60.8 Å². The number of carbonyl (C=O) groups excluding carboxylic acids is 3. The van der Waals surface area contributed by atoms with Gasteiger partial charge in [-0.25, -0.2) is 0 Å². The minimum Gasteiger partial charge on any atom is -0.434 e. The Morgan fingerprint density at radius 3 is 1.90 bits per heavy atom. The van der Waals surface area contributed by atoms with Crippen LogP contribution >= 0.6 is 0 Å². The molecule has 1 heterocycles. The van der Waals surface area contributed by atoms with Gasteiger partial charge in [0.25, 0.3) is 6.29 Å². The minimum absolute atomic E-state index is 0.0423. The smallest absolute Gasteiger partial charge is 0.434 e. The normalized spacial score (nSPS) is 28.8. The van der Waals surface area contributed by atoms with E-state index in [0.29, 0.717) is 5.57 Å². The molecule has 1 aliphatic heterocycles. The van der Waals surface area contributed by atoms with Crippen molar-refractivity contribution >= 4 is 25.0 Å². The third kappa shape index (κ3) is 10.9. The fourth-order valence-corrected chi connectivity index (χ4v) is 8.21. The monoisotopic (exact) mass is 706 g/mol. The molecule has 0 N–H and O–H groups in total. The lowest BCUT2D eigenvalue weighted by Gasteiger charge is -2.35. The molecule has 51 heavy (non-hydrogen) atoms. The van der Waals surface area contributed by atoms with Crippen molar-refractivity contribution in [3.8, 4) is 0 Å². The van der Waals surface area contributed by atoms with E-state index in [1.807, 2.05) is 13.0 Å². The highest BCUT2D eigenvalue weighted by Crippen LogP contribution is 2.60. The van der Waals surface area contributed by atoms with Gasteiger partial charge < -0.3 is 23.5 Å². The molecule has 3 saturated carbocycles. The quantitative estimate of drug-likeness (QED) is 0.0553. The van der Waals surface area contributed by atoms with E-state index in [1.165, 1.54) is 77.2 Å². The van der Waals surface area contributed by atoms with E-state index < -0.39 is 18.2 Å². The number of allylic oxidation sites excluding steroid dienone is 8. The van der Waals surface area contributed by atoms with Crippen LogP contribution in [-0.4, -0.2) is 42.5 Å². The first-order valence-corrected chi connectivity index (χ1v) is 18.6. The summed E-state index contributed by atoms with van der Waals surface area (Å²) >= 11 is 0. The lowest BCUT2D eigenvalue weighted by molar-refractivity contribution is -0.178. The summed E-state index contributed by atoms with van der Waals surface area (Å²) in [5.74, 6) is 1.98. The maximum atomic E-state index is 10.7. The summed E-state index contributed by atoms with van der Waals surface area (Å²) in [5, 5.41) is 0. The number of ether oxygens (including phenoxy) is 3. The standard InChI is InChI=1S/C17H24O2.C15H25BO2.C10H14O4/c1-12(11-19-14(3)18)6-5-9-17(4)13(2)15-7-8-16(17)10-15;1-10-11-6-7-12(8-11)13(10)9-16-17-14(2,3)15(4,5)18-16;1-5-6-7(2)10(13-8(3)11)14-9(4)12/h5-6,11,15-16H,2,7-10H2,1,3-4H3;11-12H,6-9H2,1-5H3;5-6,10H,1H2,2-4H3/b6-5+,12-11+;;7-6+/t15-,16+,17+;11-,12+;/m10./s1. The molecular weight excluding hydrogens is 643 g/mol. The van der Waals surface area contributed by atoms with Gasteiger partial charge in [-0.15, -0.1) is 0 Å². The molecule has 0 spiro atoms. The van der Waals surface area contributed by atoms with Crippen LogP contribution in [0.5, 0.6) is 0 Å². The molecule has 5 atom stereocenters. The lowest BCUT2D eigenvalue weighted by atomic mass is 9.69. The average Bonchev–Trinajstić information content (AvgIpc) is 3.83. The molecule has 0 aromatic rings. The van der Waals surface area contributed by atoms with Crippen molar-refractivity contribution in [2.24, 2.45) is 29.1 Å². The topological polar surface area (TPSA) is 97.4 Å². The number of carbonyl (C=O) groups is 3. The van der Waals surface area contributed by atoms with E-state index in [9.17, 15) is 14.4 Å². The lowest BCUT2D eigenvalue weighted by Crippen LogP contribution is -2.41. The van der Waals surface area contributed by atoms with Gasteiger partial charge in [0, 0.05) is 32.7 Å². The highest BCUT2D eigenvalue weighted by molar-refractivity contribution is 6.46. The predicted octanol–water partition coefficient (Wildman–Crippen LogP) is 9.79. The van der Waals surface area contributed by atoms with Crippen molar-refractivity contribution < 1.29 is 37.9 Å². The Balaban J connectivity index is 0.000000210. The van der Waals surface area contributed by atoms with Crippen LogP contribution in [0.4, 0.5) is 0 Å². The molecule has 4 bridgehead atoms. The van der Waals surface area contributed by atoms with Crippen LogP contribution in [0.2, 0.25) is 6.32 Å². The molecular formula is C42H63BO8. The van der Waals surface area contributed by atoms with Gasteiger partial charge in [-0.3, -0.25) is 14.4 Å². The second-order valence-corrected chi connectivity index (χ2v) is 16.2. The highest BCUT2D eigenvalue weighted by Gasteiger charge is 2.52. The van der Waals surface area contributed by atoms with Crippen molar-refractivity contribution in [1.29, 1.82) is 0 Å². The van der Waals surface area contributed by atoms with Gasteiger partial charge in [-0.1, -0.05) is 61.1 Å². The number of hydrogen-bond donors (Lipinski definition) is 0. The van der Waals surface area contributed by atoms with Crippen molar-refractivity contribution in [2.45, 2.75) is 145 Å². The zero-order valence-corrected chi connectivity index (χ0v) is 33.2. The summed E-state index contributed by atoms with van der Waals surface area (Å²) in [5.41, 5.74) is 6.20. The fraction of sp³-hybridized carbons (Fsp3) is 0.643.